The average molecular weight is 369 g/mol. The summed E-state index contributed by atoms with van der Waals surface area (Å²) in [5.74, 6) is 0.954. The van der Waals surface area contributed by atoms with Crippen LogP contribution in [0.5, 0.6) is 11.5 Å². The van der Waals surface area contributed by atoms with Crippen molar-refractivity contribution in [3.05, 3.63) is 53.9 Å². The van der Waals surface area contributed by atoms with Gasteiger partial charge in [-0.15, -0.1) is 11.3 Å². The number of hydrogen-bond donors (Lipinski definition) is 2. The van der Waals surface area contributed by atoms with Gasteiger partial charge < -0.3 is 20.1 Å². The molecular weight excluding hydrogens is 350 g/mol. The van der Waals surface area contributed by atoms with Crippen LogP contribution < -0.4 is 20.1 Å². The van der Waals surface area contributed by atoms with E-state index in [9.17, 15) is 4.79 Å². The number of amides is 1. The molecule has 0 aliphatic rings. The fourth-order valence-corrected chi connectivity index (χ4v) is 3.02. The zero-order valence-electron chi connectivity index (χ0n) is 14.5. The van der Waals surface area contributed by atoms with Gasteiger partial charge in [0.05, 0.1) is 18.5 Å². The van der Waals surface area contributed by atoms with E-state index in [0.717, 1.165) is 16.4 Å². The molecule has 1 amide bonds. The van der Waals surface area contributed by atoms with Crippen LogP contribution in [-0.4, -0.2) is 31.7 Å². The second-order valence-electron chi connectivity index (χ2n) is 5.35. The average Bonchev–Trinajstić information content (AvgIpc) is 3.16. The first-order chi connectivity index (χ1) is 12.7. The molecule has 2 aromatic carbocycles. The number of aromatic nitrogens is 1. The van der Waals surface area contributed by atoms with Crippen LogP contribution >= 0.6 is 11.3 Å². The fraction of sp³-hybridized carbons (Fsp3) is 0.158. The molecule has 0 radical (unpaired) electrons. The van der Waals surface area contributed by atoms with Gasteiger partial charge in [0.15, 0.2) is 11.7 Å². The highest BCUT2D eigenvalue weighted by molar-refractivity contribution is 7.14. The molecule has 0 atom stereocenters. The van der Waals surface area contributed by atoms with Crippen molar-refractivity contribution < 1.29 is 14.3 Å². The van der Waals surface area contributed by atoms with Crippen LogP contribution in [0.25, 0.3) is 11.3 Å². The predicted molar refractivity (Wildman–Crippen MR) is 104 cm³/mol. The SMILES string of the molecule is CNc1nc(-c2ccc(OC)c(NC(=O)COc3ccccc3)c2)cs1. The lowest BCUT2D eigenvalue weighted by Crippen LogP contribution is -2.20. The monoisotopic (exact) mass is 369 g/mol. The van der Waals surface area contributed by atoms with E-state index in [-0.39, 0.29) is 12.5 Å². The number of nitrogens with zero attached hydrogens (tertiary/aromatic N) is 1. The third kappa shape index (κ3) is 4.31. The second kappa shape index (κ2) is 8.35. The highest BCUT2D eigenvalue weighted by atomic mass is 32.1. The smallest absolute Gasteiger partial charge is 0.262 e. The van der Waals surface area contributed by atoms with Gasteiger partial charge in [0, 0.05) is 18.0 Å². The molecule has 1 aromatic heterocycles. The van der Waals surface area contributed by atoms with Crippen molar-refractivity contribution in [3.8, 4) is 22.8 Å². The van der Waals surface area contributed by atoms with Crippen molar-refractivity contribution in [2.75, 3.05) is 31.4 Å². The van der Waals surface area contributed by atoms with Gasteiger partial charge in [0.2, 0.25) is 0 Å². The van der Waals surface area contributed by atoms with Crippen LogP contribution in [0, 0.1) is 0 Å². The summed E-state index contributed by atoms with van der Waals surface area (Å²) in [5.41, 5.74) is 2.30. The fourth-order valence-electron chi connectivity index (χ4n) is 2.34. The summed E-state index contributed by atoms with van der Waals surface area (Å²) >= 11 is 1.52. The van der Waals surface area contributed by atoms with Crippen molar-refractivity contribution >= 4 is 28.1 Å². The van der Waals surface area contributed by atoms with E-state index in [1.54, 1.807) is 25.3 Å². The molecule has 0 bridgehead atoms. The Bertz CT molecular complexity index is 881. The first-order valence-corrected chi connectivity index (χ1v) is 8.87. The molecule has 0 spiro atoms. The second-order valence-corrected chi connectivity index (χ2v) is 6.21. The number of anilines is 2. The Balaban J connectivity index is 1.73. The third-order valence-corrected chi connectivity index (χ3v) is 4.46. The summed E-state index contributed by atoms with van der Waals surface area (Å²) in [4.78, 5) is 16.7. The van der Waals surface area contributed by atoms with Crippen LogP contribution in [-0.2, 0) is 4.79 Å². The first kappa shape index (κ1) is 17.8. The molecule has 3 aromatic rings. The largest absolute Gasteiger partial charge is 0.495 e. The van der Waals surface area contributed by atoms with Crippen LogP contribution in [0.4, 0.5) is 10.8 Å². The molecule has 1 heterocycles. The molecule has 6 nitrogen and oxygen atoms in total. The minimum atomic E-state index is -0.265. The maximum absolute atomic E-state index is 12.2. The number of nitrogens with one attached hydrogen (secondary N) is 2. The van der Waals surface area contributed by atoms with E-state index in [2.05, 4.69) is 15.6 Å². The Kier molecular flexibility index (Phi) is 5.70. The van der Waals surface area contributed by atoms with Crippen molar-refractivity contribution in [2.45, 2.75) is 0 Å². The third-order valence-electron chi connectivity index (χ3n) is 3.60. The van der Waals surface area contributed by atoms with Gasteiger partial charge in [0.1, 0.15) is 11.5 Å². The minimum Gasteiger partial charge on any atom is -0.495 e. The van der Waals surface area contributed by atoms with Crippen molar-refractivity contribution in [1.29, 1.82) is 0 Å². The summed E-state index contributed by atoms with van der Waals surface area (Å²) in [7, 11) is 3.39. The Morgan fingerprint density at radius 2 is 2.00 bits per heavy atom. The molecule has 0 saturated heterocycles. The molecule has 0 unspecified atom stereocenters. The topological polar surface area (TPSA) is 72.5 Å². The van der Waals surface area contributed by atoms with Gasteiger partial charge in [0.25, 0.3) is 5.91 Å². The number of carbonyl (C=O) groups excluding carboxylic acids is 1. The number of methoxy groups -OCH3 is 1. The molecule has 134 valence electrons. The van der Waals surface area contributed by atoms with E-state index >= 15 is 0 Å². The molecule has 26 heavy (non-hydrogen) atoms. The van der Waals surface area contributed by atoms with Gasteiger partial charge in [-0.25, -0.2) is 4.98 Å². The highest BCUT2D eigenvalue weighted by Crippen LogP contribution is 2.32. The quantitative estimate of drug-likeness (QED) is 0.661. The van der Waals surface area contributed by atoms with E-state index in [0.29, 0.717) is 17.2 Å². The van der Waals surface area contributed by atoms with Crippen LogP contribution in [0.2, 0.25) is 0 Å². The minimum absolute atomic E-state index is 0.0853. The van der Waals surface area contributed by atoms with Gasteiger partial charge >= 0.3 is 0 Å². The zero-order valence-corrected chi connectivity index (χ0v) is 15.3. The van der Waals surface area contributed by atoms with Crippen molar-refractivity contribution in [2.24, 2.45) is 0 Å². The first-order valence-electron chi connectivity index (χ1n) is 7.99. The van der Waals surface area contributed by atoms with Gasteiger partial charge in [-0.05, 0) is 30.3 Å². The number of rotatable bonds is 7. The molecule has 0 saturated carbocycles. The molecule has 3 rings (SSSR count). The Morgan fingerprint density at radius 1 is 1.19 bits per heavy atom. The normalized spacial score (nSPS) is 10.2. The molecule has 0 aliphatic carbocycles. The van der Waals surface area contributed by atoms with Gasteiger partial charge in [-0.2, -0.15) is 0 Å². The van der Waals surface area contributed by atoms with E-state index in [1.165, 1.54) is 11.3 Å². The molecular formula is C19H19N3O3S. The zero-order chi connectivity index (χ0) is 18.4. The standard InChI is InChI=1S/C19H19N3O3S/c1-20-19-22-16(12-26-19)13-8-9-17(24-2)15(10-13)21-18(23)11-25-14-6-4-3-5-7-14/h3-10,12H,11H2,1-2H3,(H,20,22)(H,21,23). The van der Waals surface area contributed by atoms with Crippen molar-refractivity contribution in [1.82, 2.24) is 4.98 Å². The Hall–Kier alpha value is -3.06. The summed E-state index contributed by atoms with van der Waals surface area (Å²) in [6, 6.07) is 14.8. The van der Waals surface area contributed by atoms with Crippen molar-refractivity contribution in [3.63, 3.8) is 0 Å². The molecule has 2 N–H and O–H groups in total. The lowest BCUT2D eigenvalue weighted by Gasteiger charge is -2.12. The van der Waals surface area contributed by atoms with E-state index in [1.807, 2.05) is 42.8 Å². The molecule has 0 aliphatic heterocycles. The summed E-state index contributed by atoms with van der Waals surface area (Å²) < 4.78 is 10.8. The van der Waals surface area contributed by atoms with Crippen LogP contribution in [0.3, 0.4) is 0 Å². The summed E-state index contributed by atoms with van der Waals surface area (Å²) in [6.45, 7) is -0.0853. The lowest BCUT2D eigenvalue weighted by molar-refractivity contribution is -0.118. The maximum atomic E-state index is 12.2. The predicted octanol–water partition coefficient (Wildman–Crippen LogP) is 3.88. The van der Waals surface area contributed by atoms with Crippen LogP contribution in [0.1, 0.15) is 0 Å². The highest BCUT2D eigenvalue weighted by Gasteiger charge is 2.12. The number of ether oxygens (including phenoxy) is 2. The number of benzene rings is 2. The number of carbonyl (C=O) groups is 1. The summed E-state index contributed by atoms with van der Waals surface area (Å²) in [6.07, 6.45) is 0. The Labute approximate surface area is 155 Å². The van der Waals surface area contributed by atoms with Gasteiger partial charge in [-0.3, -0.25) is 4.79 Å². The number of para-hydroxylation sites is 1. The molecule has 0 fully saturated rings. The Morgan fingerprint density at radius 3 is 2.69 bits per heavy atom. The lowest BCUT2D eigenvalue weighted by atomic mass is 10.1. The molecule has 7 heteroatoms. The van der Waals surface area contributed by atoms with Crippen LogP contribution in [0.15, 0.2) is 53.9 Å². The van der Waals surface area contributed by atoms with E-state index < -0.39 is 0 Å². The summed E-state index contributed by atoms with van der Waals surface area (Å²) in [5, 5.41) is 8.64. The number of thiazole rings is 1. The van der Waals surface area contributed by atoms with E-state index in [4.69, 9.17) is 9.47 Å². The maximum Gasteiger partial charge on any atom is 0.262 e. The van der Waals surface area contributed by atoms with Gasteiger partial charge in [-0.1, -0.05) is 18.2 Å². The number of hydrogen-bond acceptors (Lipinski definition) is 6.